The average Bonchev–Trinajstić information content (AvgIpc) is 2.82. The largest absolute Gasteiger partial charge is 0.478 e. The number of anilines is 1. The molecular weight excluding hydrogens is 270 g/mol. The van der Waals surface area contributed by atoms with Crippen molar-refractivity contribution in [2.24, 2.45) is 7.05 Å². The van der Waals surface area contributed by atoms with Gasteiger partial charge in [-0.25, -0.2) is 9.78 Å². The number of carboxylic acid groups (broad SMARTS) is 1. The zero-order valence-electron chi connectivity index (χ0n) is 12.4. The van der Waals surface area contributed by atoms with Crippen LogP contribution in [-0.4, -0.2) is 63.5 Å². The third-order valence-electron chi connectivity index (χ3n) is 4.24. The summed E-state index contributed by atoms with van der Waals surface area (Å²) in [6.07, 6.45) is 3.14. The predicted molar refractivity (Wildman–Crippen MR) is 79.8 cm³/mol. The molecule has 1 N–H and O–H groups in total. The molecule has 21 heavy (non-hydrogen) atoms. The van der Waals surface area contributed by atoms with Crippen LogP contribution in [0.3, 0.4) is 0 Å². The SMILES string of the molecule is CC1CN(c2c(C(=O)O)cnc3c2cnn3C)CCN1C. The van der Waals surface area contributed by atoms with Crippen molar-refractivity contribution in [2.75, 3.05) is 31.6 Å². The van der Waals surface area contributed by atoms with E-state index in [1.54, 1.807) is 10.9 Å². The maximum absolute atomic E-state index is 11.6. The van der Waals surface area contributed by atoms with Gasteiger partial charge in [0.2, 0.25) is 0 Å². The fourth-order valence-corrected chi connectivity index (χ4v) is 2.83. The summed E-state index contributed by atoms with van der Waals surface area (Å²) in [5.74, 6) is -0.949. The van der Waals surface area contributed by atoms with Crippen molar-refractivity contribution >= 4 is 22.7 Å². The van der Waals surface area contributed by atoms with E-state index in [0.717, 1.165) is 30.7 Å². The highest BCUT2D eigenvalue weighted by molar-refractivity contribution is 6.03. The number of aromatic carboxylic acids is 1. The van der Waals surface area contributed by atoms with Gasteiger partial charge in [-0.05, 0) is 14.0 Å². The molecule has 0 bridgehead atoms. The Hall–Kier alpha value is -2.15. The average molecular weight is 289 g/mol. The summed E-state index contributed by atoms with van der Waals surface area (Å²) in [5.41, 5.74) is 1.69. The van der Waals surface area contributed by atoms with Crippen molar-refractivity contribution in [3.05, 3.63) is 18.0 Å². The van der Waals surface area contributed by atoms with Crippen LogP contribution in [0.2, 0.25) is 0 Å². The third kappa shape index (κ3) is 2.23. The summed E-state index contributed by atoms with van der Waals surface area (Å²) < 4.78 is 1.67. The lowest BCUT2D eigenvalue weighted by Crippen LogP contribution is -2.50. The van der Waals surface area contributed by atoms with Crippen LogP contribution in [0.5, 0.6) is 0 Å². The van der Waals surface area contributed by atoms with E-state index in [2.05, 4.69) is 33.9 Å². The summed E-state index contributed by atoms with van der Waals surface area (Å²) in [5, 5.41) is 14.5. The van der Waals surface area contributed by atoms with Gasteiger partial charge in [-0.2, -0.15) is 5.10 Å². The lowest BCUT2D eigenvalue weighted by molar-refractivity contribution is 0.0697. The quantitative estimate of drug-likeness (QED) is 0.881. The number of pyridine rings is 1. The van der Waals surface area contributed by atoms with Crippen molar-refractivity contribution in [2.45, 2.75) is 13.0 Å². The second-order valence-corrected chi connectivity index (χ2v) is 5.61. The summed E-state index contributed by atoms with van der Waals surface area (Å²) >= 11 is 0. The molecule has 7 nitrogen and oxygen atoms in total. The lowest BCUT2D eigenvalue weighted by Gasteiger charge is -2.39. The Morgan fingerprint density at radius 3 is 2.76 bits per heavy atom. The lowest BCUT2D eigenvalue weighted by atomic mass is 10.1. The van der Waals surface area contributed by atoms with E-state index in [4.69, 9.17) is 0 Å². The molecule has 3 heterocycles. The number of fused-ring (bicyclic) bond motifs is 1. The second kappa shape index (κ2) is 5.00. The molecule has 1 atom stereocenters. The number of aromatic nitrogens is 3. The number of carbonyl (C=O) groups is 1. The van der Waals surface area contributed by atoms with E-state index in [-0.39, 0.29) is 5.56 Å². The highest BCUT2D eigenvalue weighted by atomic mass is 16.4. The van der Waals surface area contributed by atoms with Crippen LogP contribution in [0.15, 0.2) is 12.4 Å². The van der Waals surface area contributed by atoms with Crippen LogP contribution in [0.1, 0.15) is 17.3 Å². The number of hydrogen-bond donors (Lipinski definition) is 1. The Balaban J connectivity index is 2.14. The van der Waals surface area contributed by atoms with Gasteiger partial charge < -0.3 is 14.9 Å². The molecule has 0 aromatic carbocycles. The third-order valence-corrected chi connectivity index (χ3v) is 4.24. The Bertz CT molecular complexity index is 696. The number of hydrogen-bond acceptors (Lipinski definition) is 5. The van der Waals surface area contributed by atoms with E-state index in [0.29, 0.717) is 11.7 Å². The Kier molecular flexibility index (Phi) is 3.29. The van der Waals surface area contributed by atoms with Crippen molar-refractivity contribution in [1.29, 1.82) is 0 Å². The molecule has 2 aromatic heterocycles. The fourth-order valence-electron chi connectivity index (χ4n) is 2.83. The first kappa shape index (κ1) is 13.8. The predicted octanol–water partition coefficient (Wildman–Crippen LogP) is 0.807. The molecule has 1 unspecified atom stereocenters. The molecule has 1 aliphatic heterocycles. The molecular formula is C14H19N5O2. The molecule has 1 aliphatic rings. The van der Waals surface area contributed by atoms with Crippen LogP contribution < -0.4 is 4.90 Å². The first-order valence-electron chi connectivity index (χ1n) is 6.98. The van der Waals surface area contributed by atoms with Crippen LogP contribution in [0.25, 0.3) is 11.0 Å². The van der Waals surface area contributed by atoms with Crippen molar-refractivity contribution in [1.82, 2.24) is 19.7 Å². The van der Waals surface area contributed by atoms with Crippen LogP contribution in [0.4, 0.5) is 5.69 Å². The molecule has 0 saturated carbocycles. The van der Waals surface area contributed by atoms with Gasteiger partial charge in [0, 0.05) is 38.9 Å². The molecule has 1 fully saturated rings. The topological polar surface area (TPSA) is 74.5 Å². The number of carboxylic acids is 1. The number of nitrogens with zero attached hydrogens (tertiary/aromatic N) is 5. The highest BCUT2D eigenvalue weighted by Gasteiger charge is 2.27. The van der Waals surface area contributed by atoms with Gasteiger partial charge in [-0.1, -0.05) is 0 Å². The van der Waals surface area contributed by atoms with Gasteiger partial charge in [0.05, 0.1) is 17.3 Å². The Morgan fingerprint density at radius 2 is 2.10 bits per heavy atom. The zero-order chi connectivity index (χ0) is 15.1. The van der Waals surface area contributed by atoms with Crippen LogP contribution in [0, 0.1) is 0 Å². The summed E-state index contributed by atoms with van der Waals surface area (Å²) in [4.78, 5) is 20.2. The molecule has 112 valence electrons. The van der Waals surface area contributed by atoms with E-state index in [1.807, 2.05) is 7.05 Å². The van der Waals surface area contributed by atoms with Crippen LogP contribution >= 0.6 is 0 Å². The maximum Gasteiger partial charge on any atom is 0.339 e. The maximum atomic E-state index is 11.6. The molecule has 2 aromatic rings. The van der Waals surface area contributed by atoms with E-state index in [9.17, 15) is 9.90 Å². The van der Waals surface area contributed by atoms with E-state index < -0.39 is 5.97 Å². The normalized spacial score (nSPS) is 20.1. The van der Waals surface area contributed by atoms with Crippen molar-refractivity contribution < 1.29 is 9.90 Å². The highest BCUT2D eigenvalue weighted by Crippen LogP contribution is 2.30. The molecule has 3 rings (SSSR count). The van der Waals surface area contributed by atoms with Gasteiger partial charge in [-0.3, -0.25) is 4.68 Å². The minimum absolute atomic E-state index is 0.243. The number of likely N-dealkylation sites (N-methyl/N-ethyl adjacent to an activating group) is 1. The molecule has 1 saturated heterocycles. The molecule has 0 radical (unpaired) electrons. The van der Waals surface area contributed by atoms with Gasteiger partial charge in [-0.15, -0.1) is 0 Å². The number of aryl methyl sites for hydroxylation is 1. The fraction of sp³-hybridized carbons (Fsp3) is 0.500. The first-order valence-corrected chi connectivity index (χ1v) is 6.98. The summed E-state index contributed by atoms with van der Waals surface area (Å²) in [7, 11) is 3.90. The van der Waals surface area contributed by atoms with Gasteiger partial charge in [0.1, 0.15) is 5.56 Å². The Morgan fingerprint density at radius 1 is 1.33 bits per heavy atom. The van der Waals surface area contributed by atoms with Gasteiger partial charge >= 0.3 is 5.97 Å². The summed E-state index contributed by atoms with van der Waals surface area (Å²) in [6.45, 7) is 4.65. The minimum atomic E-state index is -0.949. The van der Waals surface area contributed by atoms with Gasteiger partial charge in [0.15, 0.2) is 5.65 Å². The van der Waals surface area contributed by atoms with Gasteiger partial charge in [0.25, 0.3) is 0 Å². The first-order chi connectivity index (χ1) is 9.99. The molecule has 7 heteroatoms. The van der Waals surface area contributed by atoms with E-state index >= 15 is 0 Å². The second-order valence-electron chi connectivity index (χ2n) is 5.61. The standard InChI is InChI=1S/C14H19N5O2/c1-9-8-19(5-4-17(9)2)12-10-7-16-18(3)13(10)15-6-11(12)14(20)21/h6-7,9H,4-5,8H2,1-3H3,(H,20,21). The number of rotatable bonds is 2. The minimum Gasteiger partial charge on any atom is -0.478 e. The molecule has 0 spiro atoms. The number of piperazine rings is 1. The smallest absolute Gasteiger partial charge is 0.339 e. The van der Waals surface area contributed by atoms with Crippen molar-refractivity contribution in [3.63, 3.8) is 0 Å². The molecule has 0 aliphatic carbocycles. The summed E-state index contributed by atoms with van der Waals surface area (Å²) in [6, 6.07) is 0.375. The zero-order valence-corrected chi connectivity index (χ0v) is 12.4. The van der Waals surface area contributed by atoms with Crippen molar-refractivity contribution in [3.8, 4) is 0 Å². The Labute approximate surface area is 122 Å². The van der Waals surface area contributed by atoms with E-state index in [1.165, 1.54) is 6.20 Å². The molecule has 0 amide bonds. The van der Waals surface area contributed by atoms with Crippen LogP contribution in [-0.2, 0) is 7.05 Å². The monoisotopic (exact) mass is 289 g/mol.